The van der Waals surface area contributed by atoms with Crippen LogP contribution in [0.5, 0.6) is 0 Å². The van der Waals surface area contributed by atoms with Crippen molar-refractivity contribution >= 4 is 17.4 Å². The third-order valence-corrected chi connectivity index (χ3v) is 5.00. The quantitative estimate of drug-likeness (QED) is 0.452. The Bertz CT molecular complexity index is 469. The highest BCUT2D eigenvalue weighted by molar-refractivity contribution is 6.30. The number of rotatable bonds is 4. The molecule has 5 nitrogen and oxygen atoms in total. The standard InChI is InChI=1S/C15H26ClN5/c1-21(2)15(7-5-3-4-6-8-15)13(20-18)12-9-11(16)10-19-14(12)17/h9-10,13,20H,3-8,18H2,1-2H3,(H2,17,19). The molecule has 1 aliphatic carbocycles. The van der Waals surface area contributed by atoms with Gasteiger partial charge in [-0.1, -0.05) is 37.3 Å². The summed E-state index contributed by atoms with van der Waals surface area (Å²) in [7, 11) is 4.23. The van der Waals surface area contributed by atoms with Crippen molar-refractivity contribution in [3.63, 3.8) is 0 Å². The lowest BCUT2D eigenvalue weighted by Crippen LogP contribution is -2.55. The maximum atomic E-state index is 6.11. The number of anilines is 1. The molecule has 6 heteroatoms. The zero-order chi connectivity index (χ0) is 15.5. The second kappa shape index (κ2) is 6.92. The van der Waals surface area contributed by atoms with E-state index < -0.39 is 0 Å². The summed E-state index contributed by atoms with van der Waals surface area (Å²) >= 11 is 6.11. The Morgan fingerprint density at radius 2 is 1.90 bits per heavy atom. The topological polar surface area (TPSA) is 80.2 Å². The summed E-state index contributed by atoms with van der Waals surface area (Å²) in [5.74, 6) is 6.42. The molecule has 1 unspecified atom stereocenters. The smallest absolute Gasteiger partial charge is 0.128 e. The fourth-order valence-electron chi connectivity index (χ4n) is 3.57. The van der Waals surface area contributed by atoms with Crippen LogP contribution in [0.1, 0.15) is 50.1 Å². The van der Waals surface area contributed by atoms with E-state index in [-0.39, 0.29) is 11.6 Å². The van der Waals surface area contributed by atoms with Crippen LogP contribution in [0.25, 0.3) is 0 Å². The van der Waals surface area contributed by atoms with E-state index in [1.807, 2.05) is 6.07 Å². The third kappa shape index (κ3) is 3.31. The number of nitrogens with two attached hydrogens (primary N) is 2. The highest BCUT2D eigenvalue weighted by Crippen LogP contribution is 2.42. The van der Waals surface area contributed by atoms with Crippen LogP contribution in [0.2, 0.25) is 5.02 Å². The number of likely N-dealkylation sites (N-methyl/N-ethyl adjacent to an activating group) is 1. The summed E-state index contributed by atoms with van der Waals surface area (Å²) in [6.07, 6.45) is 8.69. The number of pyridine rings is 1. The summed E-state index contributed by atoms with van der Waals surface area (Å²) in [6, 6.07) is 1.79. The molecular weight excluding hydrogens is 286 g/mol. The molecule has 1 aliphatic rings. The zero-order valence-electron chi connectivity index (χ0n) is 12.9. The largest absolute Gasteiger partial charge is 0.383 e. The molecule has 1 aromatic rings. The SMILES string of the molecule is CN(C)C1(C(NN)c2cc(Cl)cnc2N)CCCCCC1. The lowest BCUT2D eigenvalue weighted by atomic mass is 9.78. The molecule has 1 fully saturated rings. The fraction of sp³-hybridized carbons (Fsp3) is 0.667. The fourth-order valence-corrected chi connectivity index (χ4v) is 3.73. The molecule has 1 aromatic heterocycles. The van der Waals surface area contributed by atoms with Crippen LogP contribution in [0.3, 0.4) is 0 Å². The Hall–Kier alpha value is -0.880. The van der Waals surface area contributed by atoms with E-state index in [2.05, 4.69) is 29.4 Å². The van der Waals surface area contributed by atoms with Gasteiger partial charge in [-0.05, 0) is 33.0 Å². The Morgan fingerprint density at radius 3 is 2.43 bits per heavy atom. The summed E-state index contributed by atoms with van der Waals surface area (Å²) in [5, 5.41) is 0.585. The lowest BCUT2D eigenvalue weighted by molar-refractivity contribution is 0.0802. The van der Waals surface area contributed by atoms with Crippen molar-refractivity contribution < 1.29 is 0 Å². The van der Waals surface area contributed by atoms with Gasteiger partial charge in [-0.15, -0.1) is 0 Å². The second-order valence-electron chi connectivity index (χ2n) is 6.14. The van der Waals surface area contributed by atoms with Gasteiger partial charge in [-0.2, -0.15) is 0 Å². The molecule has 118 valence electrons. The maximum Gasteiger partial charge on any atom is 0.128 e. The van der Waals surface area contributed by atoms with Crippen molar-refractivity contribution in [2.24, 2.45) is 5.84 Å². The summed E-state index contributed by atoms with van der Waals surface area (Å²) in [5.41, 5.74) is 9.90. The number of nitrogens with one attached hydrogen (secondary N) is 1. The molecule has 1 atom stereocenters. The molecule has 2 rings (SSSR count). The van der Waals surface area contributed by atoms with Crippen molar-refractivity contribution in [3.8, 4) is 0 Å². The molecule has 0 radical (unpaired) electrons. The molecular formula is C15H26ClN5. The average molecular weight is 312 g/mol. The zero-order valence-corrected chi connectivity index (χ0v) is 13.7. The van der Waals surface area contributed by atoms with Crippen molar-refractivity contribution in [2.75, 3.05) is 19.8 Å². The van der Waals surface area contributed by atoms with E-state index >= 15 is 0 Å². The molecule has 0 amide bonds. The first-order valence-electron chi connectivity index (χ1n) is 7.56. The molecule has 0 aliphatic heterocycles. The van der Waals surface area contributed by atoms with Crippen LogP contribution >= 0.6 is 11.6 Å². The van der Waals surface area contributed by atoms with Crippen molar-refractivity contribution in [1.82, 2.24) is 15.3 Å². The molecule has 1 heterocycles. The number of nitrogen functional groups attached to an aromatic ring is 1. The average Bonchev–Trinajstić information content (AvgIpc) is 2.70. The maximum absolute atomic E-state index is 6.11. The number of hydrazine groups is 1. The van der Waals surface area contributed by atoms with Crippen molar-refractivity contribution in [2.45, 2.75) is 50.1 Å². The predicted octanol–water partition coefficient (Wildman–Crippen LogP) is 2.48. The minimum Gasteiger partial charge on any atom is -0.383 e. The molecule has 0 spiro atoms. The van der Waals surface area contributed by atoms with E-state index in [9.17, 15) is 0 Å². The first kappa shape index (κ1) is 16.5. The van der Waals surface area contributed by atoms with E-state index in [0.717, 1.165) is 18.4 Å². The lowest BCUT2D eigenvalue weighted by Gasteiger charge is -2.46. The van der Waals surface area contributed by atoms with Gasteiger partial charge in [0.25, 0.3) is 0 Å². The highest BCUT2D eigenvalue weighted by Gasteiger charge is 2.42. The predicted molar refractivity (Wildman–Crippen MR) is 87.8 cm³/mol. The first-order valence-corrected chi connectivity index (χ1v) is 7.93. The van der Waals surface area contributed by atoms with Crippen LogP contribution in [0.4, 0.5) is 5.82 Å². The van der Waals surface area contributed by atoms with Crippen LogP contribution in [0.15, 0.2) is 12.3 Å². The van der Waals surface area contributed by atoms with Gasteiger partial charge in [0.2, 0.25) is 0 Å². The second-order valence-corrected chi connectivity index (χ2v) is 6.58. The highest BCUT2D eigenvalue weighted by atomic mass is 35.5. The van der Waals surface area contributed by atoms with Gasteiger partial charge in [0.1, 0.15) is 5.82 Å². The number of hydrogen-bond donors (Lipinski definition) is 3. The monoisotopic (exact) mass is 311 g/mol. The molecule has 1 saturated carbocycles. The summed E-state index contributed by atoms with van der Waals surface area (Å²) < 4.78 is 0. The summed E-state index contributed by atoms with van der Waals surface area (Å²) in [4.78, 5) is 6.47. The van der Waals surface area contributed by atoms with E-state index in [4.69, 9.17) is 23.2 Å². The molecule has 0 saturated heterocycles. The van der Waals surface area contributed by atoms with Gasteiger partial charge in [-0.3, -0.25) is 11.3 Å². The van der Waals surface area contributed by atoms with Crippen LogP contribution in [0, 0.1) is 0 Å². The van der Waals surface area contributed by atoms with Gasteiger partial charge in [-0.25, -0.2) is 4.98 Å². The molecule has 5 N–H and O–H groups in total. The molecule has 0 bridgehead atoms. The minimum absolute atomic E-state index is 0.0638. The minimum atomic E-state index is -0.0863. The van der Waals surface area contributed by atoms with Gasteiger partial charge in [0, 0.05) is 17.3 Å². The van der Waals surface area contributed by atoms with Crippen LogP contribution in [-0.4, -0.2) is 29.5 Å². The van der Waals surface area contributed by atoms with Crippen molar-refractivity contribution in [3.05, 3.63) is 22.8 Å². The Balaban J connectivity index is 2.46. The number of aromatic nitrogens is 1. The van der Waals surface area contributed by atoms with E-state index in [1.54, 1.807) is 6.20 Å². The number of hydrogen-bond acceptors (Lipinski definition) is 5. The first-order chi connectivity index (χ1) is 10.0. The normalized spacial score (nSPS) is 20.2. The van der Waals surface area contributed by atoms with E-state index in [1.165, 1.54) is 25.7 Å². The Kier molecular flexibility index (Phi) is 5.43. The Labute approximate surface area is 132 Å². The molecule has 0 aromatic carbocycles. The summed E-state index contributed by atoms with van der Waals surface area (Å²) in [6.45, 7) is 0. The van der Waals surface area contributed by atoms with Crippen molar-refractivity contribution in [1.29, 1.82) is 0 Å². The van der Waals surface area contributed by atoms with Gasteiger partial charge in [0.15, 0.2) is 0 Å². The molecule has 21 heavy (non-hydrogen) atoms. The third-order valence-electron chi connectivity index (χ3n) is 4.79. The van der Waals surface area contributed by atoms with Gasteiger partial charge in [0.05, 0.1) is 11.1 Å². The number of nitrogens with zero attached hydrogens (tertiary/aromatic N) is 2. The van der Waals surface area contributed by atoms with Gasteiger partial charge >= 0.3 is 0 Å². The Morgan fingerprint density at radius 1 is 1.29 bits per heavy atom. The van der Waals surface area contributed by atoms with Gasteiger partial charge < -0.3 is 10.6 Å². The van der Waals surface area contributed by atoms with E-state index in [0.29, 0.717) is 10.8 Å². The van der Waals surface area contributed by atoms with Crippen LogP contribution < -0.4 is 17.0 Å². The van der Waals surface area contributed by atoms with Crippen LogP contribution in [-0.2, 0) is 0 Å². The number of halogens is 1.